The molecule has 1 atom stereocenters. The predicted octanol–water partition coefficient (Wildman–Crippen LogP) is 1.57. The molecule has 0 spiro atoms. The highest BCUT2D eigenvalue weighted by molar-refractivity contribution is 6.78. The van der Waals surface area contributed by atoms with Crippen LogP contribution < -0.4 is 0 Å². The van der Waals surface area contributed by atoms with Gasteiger partial charge in [-0.15, -0.1) is 0 Å². The van der Waals surface area contributed by atoms with Gasteiger partial charge in [0.2, 0.25) is 0 Å². The molecule has 54 valence electrons. The Morgan fingerprint density at radius 3 is 2.11 bits per heavy atom. The molecule has 0 saturated carbocycles. The van der Waals surface area contributed by atoms with Crippen LogP contribution in [0.2, 0.25) is 19.1 Å². The summed E-state index contributed by atoms with van der Waals surface area (Å²) in [4.78, 5) is 2.49. The molecule has 2 heteroatoms. The lowest BCUT2D eigenvalue weighted by Crippen LogP contribution is -2.29. The minimum atomic E-state index is -0.740. The standard InChI is InChI=1S/C7H17NSi/c1-7-5-9(3,4)6-8(7)2/h7H,5-6H2,1-4H3. The highest BCUT2D eigenvalue weighted by Crippen LogP contribution is 2.23. The van der Waals surface area contributed by atoms with Crippen molar-refractivity contribution in [2.24, 2.45) is 0 Å². The Labute approximate surface area is 59.1 Å². The molecule has 1 aliphatic rings. The third-order valence-corrected chi connectivity index (χ3v) is 5.33. The van der Waals surface area contributed by atoms with Gasteiger partial charge < -0.3 is 4.90 Å². The zero-order valence-electron chi connectivity index (χ0n) is 6.94. The number of hydrogen-bond donors (Lipinski definition) is 0. The monoisotopic (exact) mass is 143 g/mol. The zero-order chi connectivity index (χ0) is 7.07. The summed E-state index contributed by atoms with van der Waals surface area (Å²) >= 11 is 0. The summed E-state index contributed by atoms with van der Waals surface area (Å²) in [6, 6.07) is 2.34. The first-order chi connectivity index (χ1) is 4.01. The fourth-order valence-corrected chi connectivity index (χ4v) is 5.55. The van der Waals surface area contributed by atoms with Crippen LogP contribution in [0.5, 0.6) is 0 Å². The van der Waals surface area contributed by atoms with Crippen molar-refractivity contribution in [2.45, 2.75) is 32.1 Å². The van der Waals surface area contributed by atoms with Gasteiger partial charge in [0.05, 0.1) is 8.07 Å². The van der Waals surface area contributed by atoms with Crippen LogP contribution in [-0.2, 0) is 0 Å². The molecule has 0 bridgehead atoms. The van der Waals surface area contributed by atoms with Gasteiger partial charge in [-0.1, -0.05) is 13.1 Å². The second-order valence-electron chi connectivity index (χ2n) is 4.13. The molecule has 1 saturated heterocycles. The third kappa shape index (κ3) is 1.55. The highest BCUT2D eigenvalue weighted by Gasteiger charge is 2.33. The minimum absolute atomic E-state index is 0.740. The third-order valence-electron chi connectivity index (χ3n) is 2.28. The maximum atomic E-state index is 2.49. The van der Waals surface area contributed by atoms with E-state index in [1.807, 2.05) is 0 Å². The van der Waals surface area contributed by atoms with Crippen LogP contribution in [0.15, 0.2) is 0 Å². The summed E-state index contributed by atoms with van der Waals surface area (Å²) in [6.45, 7) is 7.29. The summed E-state index contributed by atoms with van der Waals surface area (Å²) in [6.07, 6.45) is 1.40. The first-order valence-electron chi connectivity index (χ1n) is 3.71. The SMILES string of the molecule is CC1C[Si](C)(C)CN1C. The van der Waals surface area contributed by atoms with E-state index in [9.17, 15) is 0 Å². The van der Waals surface area contributed by atoms with Crippen LogP contribution in [-0.4, -0.2) is 32.2 Å². The van der Waals surface area contributed by atoms with Crippen molar-refractivity contribution in [1.29, 1.82) is 0 Å². The van der Waals surface area contributed by atoms with E-state index in [0.29, 0.717) is 0 Å². The van der Waals surface area contributed by atoms with E-state index in [1.54, 1.807) is 0 Å². The summed E-state index contributed by atoms with van der Waals surface area (Å²) < 4.78 is 0. The van der Waals surface area contributed by atoms with E-state index in [0.717, 1.165) is 6.04 Å². The second-order valence-corrected chi connectivity index (χ2v) is 9.19. The van der Waals surface area contributed by atoms with Gasteiger partial charge in [-0.05, 0) is 26.2 Å². The predicted molar refractivity (Wildman–Crippen MR) is 44.4 cm³/mol. The van der Waals surface area contributed by atoms with Crippen LogP contribution in [0, 0.1) is 0 Å². The van der Waals surface area contributed by atoms with Crippen molar-refractivity contribution in [3.8, 4) is 0 Å². The minimum Gasteiger partial charge on any atom is -0.307 e. The van der Waals surface area contributed by atoms with E-state index in [4.69, 9.17) is 0 Å². The van der Waals surface area contributed by atoms with Gasteiger partial charge >= 0.3 is 0 Å². The first-order valence-corrected chi connectivity index (χ1v) is 7.13. The molecule has 1 fully saturated rings. The Morgan fingerprint density at radius 1 is 1.44 bits per heavy atom. The van der Waals surface area contributed by atoms with Gasteiger partial charge in [0, 0.05) is 6.04 Å². The Bertz CT molecular complexity index is 99.5. The lowest BCUT2D eigenvalue weighted by Gasteiger charge is -2.14. The molecular weight excluding hydrogens is 126 g/mol. The van der Waals surface area contributed by atoms with E-state index in [-0.39, 0.29) is 0 Å². The van der Waals surface area contributed by atoms with E-state index >= 15 is 0 Å². The van der Waals surface area contributed by atoms with Crippen molar-refractivity contribution in [3.63, 3.8) is 0 Å². The van der Waals surface area contributed by atoms with Crippen molar-refractivity contribution < 1.29 is 0 Å². The van der Waals surface area contributed by atoms with Gasteiger partial charge in [0.25, 0.3) is 0 Å². The molecule has 1 rings (SSSR count). The van der Waals surface area contributed by atoms with Crippen LogP contribution in [0.1, 0.15) is 6.92 Å². The van der Waals surface area contributed by atoms with Crippen molar-refractivity contribution >= 4 is 8.07 Å². The molecule has 1 nitrogen and oxygen atoms in total. The van der Waals surface area contributed by atoms with Gasteiger partial charge in [0.1, 0.15) is 0 Å². The molecule has 1 unspecified atom stereocenters. The fourth-order valence-electron chi connectivity index (χ4n) is 1.85. The van der Waals surface area contributed by atoms with Crippen LogP contribution in [0.4, 0.5) is 0 Å². The van der Waals surface area contributed by atoms with Crippen LogP contribution >= 0.6 is 0 Å². The zero-order valence-corrected chi connectivity index (χ0v) is 7.94. The number of nitrogens with zero attached hydrogens (tertiary/aromatic N) is 1. The number of rotatable bonds is 0. The average Bonchev–Trinajstić information content (AvgIpc) is 1.79. The second kappa shape index (κ2) is 2.10. The molecule has 0 amide bonds. The van der Waals surface area contributed by atoms with Gasteiger partial charge in [-0.25, -0.2) is 0 Å². The topological polar surface area (TPSA) is 3.24 Å². The summed E-state index contributed by atoms with van der Waals surface area (Å²) in [5.41, 5.74) is 0. The van der Waals surface area contributed by atoms with Crippen LogP contribution in [0.25, 0.3) is 0 Å². The Morgan fingerprint density at radius 2 is 2.00 bits per heavy atom. The molecule has 0 aliphatic carbocycles. The van der Waals surface area contributed by atoms with E-state index in [2.05, 4.69) is 32.0 Å². The maximum absolute atomic E-state index is 2.49. The maximum Gasteiger partial charge on any atom is 0.0644 e. The normalized spacial score (nSPS) is 35.3. The molecule has 0 radical (unpaired) electrons. The molecule has 9 heavy (non-hydrogen) atoms. The quantitative estimate of drug-likeness (QED) is 0.465. The molecule has 0 aromatic heterocycles. The Balaban J connectivity index is 2.54. The summed E-state index contributed by atoms with van der Waals surface area (Å²) in [5, 5.41) is 0. The highest BCUT2D eigenvalue weighted by atomic mass is 28.3. The fraction of sp³-hybridized carbons (Fsp3) is 1.00. The molecule has 1 heterocycles. The van der Waals surface area contributed by atoms with E-state index < -0.39 is 8.07 Å². The lowest BCUT2D eigenvalue weighted by atomic mass is 10.4. The van der Waals surface area contributed by atoms with Gasteiger partial charge in [-0.2, -0.15) is 0 Å². The molecule has 0 aromatic rings. The molecule has 0 aromatic carbocycles. The molecular formula is C7H17NSi. The first kappa shape index (κ1) is 7.29. The van der Waals surface area contributed by atoms with Gasteiger partial charge in [0.15, 0.2) is 0 Å². The smallest absolute Gasteiger partial charge is 0.0644 e. The Hall–Kier alpha value is 0.177. The largest absolute Gasteiger partial charge is 0.307 e. The van der Waals surface area contributed by atoms with Crippen LogP contribution in [0.3, 0.4) is 0 Å². The molecule has 0 N–H and O–H groups in total. The van der Waals surface area contributed by atoms with Crippen molar-refractivity contribution in [2.75, 3.05) is 13.2 Å². The van der Waals surface area contributed by atoms with Crippen molar-refractivity contribution in [1.82, 2.24) is 4.90 Å². The van der Waals surface area contributed by atoms with Gasteiger partial charge in [-0.3, -0.25) is 0 Å². The molecule has 1 aliphatic heterocycles. The number of hydrogen-bond acceptors (Lipinski definition) is 1. The summed E-state index contributed by atoms with van der Waals surface area (Å²) in [7, 11) is 1.50. The van der Waals surface area contributed by atoms with E-state index in [1.165, 1.54) is 12.2 Å². The Kier molecular flexibility index (Phi) is 1.70. The summed E-state index contributed by atoms with van der Waals surface area (Å²) in [5.74, 6) is 0. The lowest BCUT2D eigenvalue weighted by molar-refractivity contribution is 0.341. The average molecular weight is 143 g/mol. The van der Waals surface area contributed by atoms with Crippen molar-refractivity contribution in [3.05, 3.63) is 0 Å².